The largest absolute Gasteiger partial charge is 0.455 e. The maximum absolute atomic E-state index is 12.0. The Morgan fingerprint density at radius 1 is 0.880 bits per heavy atom. The fraction of sp³-hybridized carbons (Fsp3) is 0.143. The first-order chi connectivity index (χ1) is 12.1. The van der Waals surface area contributed by atoms with Gasteiger partial charge in [-0.2, -0.15) is 0 Å². The molecule has 3 nitrogen and oxygen atoms in total. The molecule has 0 aliphatic rings. The molecule has 3 aromatic rings. The number of rotatable bonds is 6. The van der Waals surface area contributed by atoms with Gasteiger partial charge in [0.05, 0.1) is 0 Å². The minimum Gasteiger partial charge on any atom is -0.455 e. The van der Waals surface area contributed by atoms with Crippen LogP contribution in [-0.2, 0) is 27.4 Å². The van der Waals surface area contributed by atoms with Gasteiger partial charge >= 0.3 is 5.97 Å². The van der Waals surface area contributed by atoms with Crippen LogP contribution in [0.3, 0.4) is 0 Å². The van der Waals surface area contributed by atoms with E-state index in [9.17, 15) is 9.59 Å². The van der Waals surface area contributed by atoms with Gasteiger partial charge < -0.3 is 4.74 Å². The monoisotopic (exact) mass is 396 g/mol. The number of esters is 1. The first-order valence-electron chi connectivity index (χ1n) is 8.05. The van der Waals surface area contributed by atoms with E-state index in [-0.39, 0.29) is 13.0 Å². The van der Waals surface area contributed by atoms with Crippen molar-refractivity contribution in [3.05, 3.63) is 82.3 Å². The average Bonchev–Trinajstić information content (AvgIpc) is 2.66. The van der Waals surface area contributed by atoms with Gasteiger partial charge in [0.15, 0.2) is 0 Å². The van der Waals surface area contributed by atoms with Crippen LogP contribution >= 0.6 is 15.9 Å². The van der Waals surface area contributed by atoms with Crippen LogP contribution < -0.4 is 0 Å². The lowest BCUT2D eigenvalue weighted by molar-refractivity contribution is -0.154. The lowest BCUT2D eigenvalue weighted by Gasteiger charge is -2.08. The van der Waals surface area contributed by atoms with E-state index in [1.807, 2.05) is 66.7 Å². The van der Waals surface area contributed by atoms with E-state index in [0.717, 1.165) is 26.4 Å². The molecule has 0 aromatic heterocycles. The summed E-state index contributed by atoms with van der Waals surface area (Å²) in [6.45, 7) is 0.116. The van der Waals surface area contributed by atoms with Crippen LogP contribution in [0.4, 0.5) is 0 Å². The van der Waals surface area contributed by atoms with Crippen molar-refractivity contribution in [2.45, 2.75) is 19.4 Å². The Hall–Kier alpha value is -2.46. The number of halogens is 1. The molecule has 0 aliphatic carbocycles. The highest BCUT2D eigenvalue weighted by Crippen LogP contribution is 2.28. The van der Waals surface area contributed by atoms with Crippen molar-refractivity contribution in [2.24, 2.45) is 0 Å². The Morgan fingerprint density at radius 3 is 2.40 bits per heavy atom. The molecule has 4 heteroatoms. The van der Waals surface area contributed by atoms with Crippen LogP contribution in [0.5, 0.6) is 0 Å². The number of hydrogen-bond acceptors (Lipinski definition) is 3. The normalized spacial score (nSPS) is 10.6. The van der Waals surface area contributed by atoms with Crippen LogP contribution in [0.25, 0.3) is 10.8 Å². The summed E-state index contributed by atoms with van der Waals surface area (Å²) < 4.78 is 6.05. The van der Waals surface area contributed by atoms with Crippen LogP contribution in [0.15, 0.2) is 71.2 Å². The van der Waals surface area contributed by atoms with Gasteiger partial charge in [-0.15, -0.1) is 0 Å². The minimum absolute atomic E-state index is 0.116. The highest BCUT2D eigenvalue weighted by molar-refractivity contribution is 9.10. The summed E-state index contributed by atoms with van der Waals surface area (Å²) >= 11 is 3.60. The molecule has 0 radical (unpaired) electrons. The third-order valence-corrected chi connectivity index (χ3v) is 4.94. The third-order valence-electron chi connectivity index (χ3n) is 4.01. The zero-order chi connectivity index (χ0) is 17.6. The summed E-state index contributed by atoms with van der Waals surface area (Å²) in [6, 6.07) is 21.3. The first kappa shape index (κ1) is 17.4. The number of fused-ring (bicyclic) bond motifs is 1. The van der Waals surface area contributed by atoms with Gasteiger partial charge in [0.25, 0.3) is 0 Å². The topological polar surface area (TPSA) is 43.4 Å². The second-order valence-electron chi connectivity index (χ2n) is 5.74. The summed E-state index contributed by atoms with van der Waals surface area (Å²) in [5, 5.41) is 2.23. The van der Waals surface area contributed by atoms with Crippen LogP contribution in [0, 0.1) is 0 Å². The molecule has 3 aromatic carbocycles. The minimum atomic E-state index is -0.777. The van der Waals surface area contributed by atoms with E-state index in [0.29, 0.717) is 6.42 Å². The molecule has 25 heavy (non-hydrogen) atoms. The fourth-order valence-electron chi connectivity index (χ4n) is 2.63. The quantitative estimate of drug-likeness (QED) is 0.441. The van der Waals surface area contributed by atoms with Gasteiger partial charge in [0, 0.05) is 10.9 Å². The Bertz CT molecular complexity index is 903. The molecule has 0 saturated carbocycles. The molecule has 0 unspecified atom stereocenters. The zero-order valence-electron chi connectivity index (χ0n) is 13.6. The average molecular weight is 397 g/mol. The number of carbonyl (C=O) groups is 2. The summed E-state index contributed by atoms with van der Waals surface area (Å²) in [4.78, 5) is 23.9. The first-order valence-corrected chi connectivity index (χ1v) is 8.84. The van der Waals surface area contributed by atoms with Crippen LogP contribution in [0.2, 0.25) is 0 Å². The number of Topliss-reactive ketones (excluding diaryl/α,β-unsaturated/α-hetero) is 1. The predicted octanol–water partition coefficient (Wildman–Crippen LogP) is 4.85. The zero-order valence-corrected chi connectivity index (χ0v) is 15.2. The molecular formula is C21H17BrO3. The van der Waals surface area contributed by atoms with Crippen molar-refractivity contribution < 1.29 is 14.3 Å². The second kappa shape index (κ2) is 8.08. The fourth-order valence-corrected chi connectivity index (χ4v) is 3.32. The summed E-state index contributed by atoms with van der Waals surface area (Å²) in [5.41, 5.74) is 1.86. The van der Waals surface area contributed by atoms with Crippen molar-refractivity contribution in [2.75, 3.05) is 0 Å². The van der Waals surface area contributed by atoms with Gasteiger partial charge in [-0.3, -0.25) is 4.79 Å². The van der Waals surface area contributed by atoms with Gasteiger partial charge in [-0.25, -0.2) is 4.79 Å². The number of benzene rings is 3. The highest BCUT2D eigenvalue weighted by Gasteiger charge is 2.16. The number of ether oxygens (including phenoxy) is 1. The molecule has 0 atom stereocenters. The number of ketones is 1. The number of carbonyl (C=O) groups excluding carboxylic acids is 2. The molecule has 0 amide bonds. The lowest BCUT2D eigenvalue weighted by Crippen LogP contribution is -2.17. The van der Waals surface area contributed by atoms with Gasteiger partial charge in [-0.05, 0) is 44.3 Å². The van der Waals surface area contributed by atoms with E-state index >= 15 is 0 Å². The molecule has 126 valence electrons. The van der Waals surface area contributed by atoms with Gasteiger partial charge in [-0.1, -0.05) is 66.7 Å². The Morgan fingerprint density at radius 2 is 1.60 bits per heavy atom. The standard InChI is InChI=1S/C21H17BrO3/c22-20-17(11-10-16-8-4-5-9-18(16)20)12-13-19(23)21(24)25-14-15-6-2-1-3-7-15/h1-11H,12-14H2. The van der Waals surface area contributed by atoms with Crippen molar-refractivity contribution >= 4 is 38.5 Å². The molecular weight excluding hydrogens is 380 g/mol. The van der Waals surface area contributed by atoms with Gasteiger partial charge in [0.2, 0.25) is 5.78 Å². The van der Waals surface area contributed by atoms with Crippen molar-refractivity contribution in [3.8, 4) is 0 Å². The Balaban J connectivity index is 1.58. The van der Waals surface area contributed by atoms with Crippen molar-refractivity contribution in [3.63, 3.8) is 0 Å². The summed E-state index contributed by atoms with van der Waals surface area (Å²) in [5.74, 6) is -1.28. The van der Waals surface area contributed by atoms with E-state index in [1.165, 1.54) is 0 Å². The Labute approximate surface area is 154 Å². The third kappa shape index (κ3) is 4.34. The summed E-state index contributed by atoms with van der Waals surface area (Å²) in [6.07, 6.45) is 0.620. The highest BCUT2D eigenvalue weighted by atomic mass is 79.9. The predicted molar refractivity (Wildman–Crippen MR) is 101 cm³/mol. The molecule has 0 saturated heterocycles. The smallest absolute Gasteiger partial charge is 0.374 e. The van der Waals surface area contributed by atoms with E-state index in [1.54, 1.807) is 0 Å². The van der Waals surface area contributed by atoms with E-state index < -0.39 is 11.8 Å². The Kier molecular flexibility index (Phi) is 5.61. The molecule has 0 fully saturated rings. The molecule has 0 spiro atoms. The molecule has 0 heterocycles. The molecule has 0 N–H and O–H groups in total. The second-order valence-corrected chi connectivity index (χ2v) is 6.54. The summed E-state index contributed by atoms with van der Waals surface area (Å²) in [7, 11) is 0. The molecule has 0 aliphatic heterocycles. The van der Waals surface area contributed by atoms with E-state index in [4.69, 9.17) is 4.74 Å². The van der Waals surface area contributed by atoms with E-state index in [2.05, 4.69) is 15.9 Å². The van der Waals surface area contributed by atoms with Crippen molar-refractivity contribution in [1.82, 2.24) is 0 Å². The molecule has 3 rings (SSSR count). The van der Waals surface area contributed by atoms with Crippen LogP contribution in [0.1, 0.15) is 17.5 Å². The number of hydrogen-bond donors (Lipinski definition) is 0. The maximum atomic E-state index is 12.0. The lowest BCUT2D eigenvalue weighted by atomic mass is 10.0. The van der Waals surface area contributed by atoms with Gasteiger partial charge in [0.1, 0.15) is 6.61 Å². The molecule has 0 bridgehead atoms. The number of aryl methyl sites for hydroxylation is 1. The maximum Gasteiger partial charge on any atom is 0.374 e. The van der Waals surface area contributed by atoms with Crippen LogP contribution in [-0.4, -0.2) is 11.8 Å². The van der Waals surface area contributed by atoms with Crippen molar-refractivity contribution in [1.29, 1.82) is 0 Å². The SMILES string of the molecule is O=C(CCc1ccc2ccccc2c1Br)C(=O)OCc1ccccc1.